The Kier molecular flexibility index (Phi) is 1.78. The fraction of sp³-hybridized carbons (Fsp3) is 1.00. The molecule has 48 valence electrons. The third kappa shape index (κ3) is 1.56. The monoisotopic (exact) mass is 247 g/mol. The van der Waals surface area contributed by atoms with Gasteiger partial charge in [-0.2, -0.15) is 0 Å². The average Bonchev–Trinajstić information content (AvgIpc) is 1.82. The van der Waals surface area contributed by atoms with Crippen molar-refractivity contribution in [2.45, 2.75) is 0 Å². The SMILES string of the molecule is O=S1(=O)CCN(I)C1. The Morgan fingerprint density at radius 3 is 2.25 bits per heavy atom. The van der Waals surface area contributed by atoms with Crippen LogP contribution in [-0.4, -0.2) is 29.7 Å². The lowest BCUT2D eigenvalue weighted by Gasteiger charge is -1.95. The summed E-state index contributed by atoms with van der Waals surface area (Å²) in [5.41, 5.74) is 0. The maximum Gasteiger partial charge on any atom is 0.165 e. The van der Waals surface area contributed by atoms with Gasteiger partial charge in [-0.25, -0.2) is 11.5 Å². The van der Waals surface area contributed by atoms with Crippen LogP contribution in [0, 0.1) is 0 Å². The van der Waals surface area contributed by atoms with Gasteiger partial charge in [-0.15, -0.1) is 0 Å². The molecule has 3 nitrogen and oxygen atoms in total. The van der Waals surface area contributed by atoms with E-state index >= 15 is 0 Å². The van der Waals surface area contributed by atoms with Crippen molar-refractivity contribution >= 4 is 32.7 Å². The Bertz CT molecular complexity index is 176. The molecule has 0 bridgehead atoms. The van der Waals surface area contributed by atoms with Crippen LogP contribution < -0.4 is 0 Å². The highest BCUT2D eigenvalue weighted by Gasteiger charge is 2.22. The molecule has 0 aliphatic carbocycles. The Balaban J connectivity index is 2.71. The predicted molar refractivity (Wildman–Crippen MR) is 39.4 cm³/mol. The van der Waals surface area contributed by atoms with Gasteiger partial charge in [-0.1, -0.05) is 0 Å². The van der Waals surface area contributed by atoms with Crippen LogP contribution in [0.5, 0.6) is 0 Å². The fourth-order valence-electron chi connectivity index (χ4n) is 0.581. The number of hydrogen-bond acceptors (Lipinski definition) is 3. The van der Waals surface area contributed by atoms with Gasteiger partial charge in [-0.3, -0.25) is 0 Å². The number of sulfone groups is 1. The van der Waals surface area contributed by atoms with E-state index in [0.717, 1.165) is 0 Å². The molecule has 1 aliphatic rings. The molecule has 1 aliphatic heterocycles. The van der Waals surface area contributed by atoms with Crippen LogP contribution in [0.25, 0.3) is 0 Å². The molecule has 1 rings (SSSR count). The van der Waals surface area contributed by atoms with Crippen molar-refractivity contribution in [1.82, 2.24) is 3.11 Å². The molecule has 1 saturated heterocycles. The highest BCUT2D eigenvalue weighted by atomic mass is 127. The van der Waals surface area contributed by atoms with Crippen LogP contribution in [0.3, 0.4) is 0 Å². The largest absolute Gasteiger partial charge is 0.231 e. The highest BCUT2D eigenvalue weighted by molar-refractivity contribution is 14.1. The minimum atomic E-state index is -2.68. The van der Waals surface area contributed by atoms with Gasteiger partial charge in [0.25, 0.3) is 0 Å². The quantitative estimate of drug-likeness (QED) is 0.447. The second kappa shape index (κ2) is 2.11. The molecule has 0 aromatic heterocycles. The molecule has 8 heavy (non-hydrogen) atoms. The first-order valence-corrected chi connectivity index (χ1v) is 5.00. The minimum Gasteiger partial charge on any atom is -0.231 e. The zero-order valence-corrected chi connectivity index (χ0v) is 7.15. The first kappa shape index (κ1) is 6.76. The summed E-state index contributed by atoms with van der Waals surface area (Å²) in [7, 11) is -2.68. The Morgan fingerprint density at radius 1 is 1.50 bits per heavy atom. The second-order valence-corrected chi connectivity index (χ2v) is 5.28. The molecular weight excluding hydrogens is 241 g/mol. The van der Waals surface area contributed by atoms with Gasteiger partial charge in [0, 0.05) is 29.4 Å². The lowest BCUT2D eigenvalue weighted by atomic mass is 10.8. The molecule has 1 heterocycles. The van der Waals surface area contributed by atoms with Crippen molar-refractivity contribution in [3.8, 4) is 0 Å². The molecule has 0 aromatic carbocycles. The number of hydrogen-bond donors (Lipinski definition) is 0. The van der Waals surface area contributed by atoms with Crippen molar-refractivity contribution in [3.63, 3.8) is 0 Å². The summed E-state index contributed by atoms with van der Waals surface area (Å²) in [6.07, 6.45) is 0. The molecule has 0 atom stereocenters. The summed E-state index contributed by atoms with van der Waals surface area (Å²) in [6.45, 7) is 0.683. The van der Waals surface area contributed by atoms with Crippen LogP contribution in [0.2, 0.25) is 0 Å². The minimum absolute atomic E-state index is 0.230. The van der Waals surface area contributed by atoms with E-state index in [1.807, 2.05) is 22.9 Å². The van der Waals surface area contributed by atoms with E-state index in [9.17, 15) is 8.42 Å². The number of rotatable bonds is 0. The maximum atomic E-state index is 10.6. The third-order valence-electron chi connectivity index (χ3n) is 0.982. The Morgan fingerprint density at radius 2 is 2.12 bits per heavy atom. The van der Waals surface area contributed by atoms with Crippen LogP contribution >= 0.6 is 22.9 Å². The average molecular weight is 247 g/mol. The van der Waals surface area contributed by atoms with Gasteiger partial charge >= 0.3 is 0 Å². The van der Waals surface area contributed by atoms with Crippen molar-refractivity contribution in [2.75, 3.05) is 18.2 Å². The fourth-order valence-corrected chi connectivity index (χ4v) is 3.61. The lowest BCUT2D eigenvalue weighted by molar-refractivity contribution is 0.594. The van der Waals surface area contributed by atoms with Gasteiger partial charge in [0.05, 0.1) is 5.75 Å². The van der Waals surface area contributed by atoms with Crippen molar-refractivity contribution in [3.05, 3.63) is 0 Å². The van der Waals surface area contributed by atoms with Crippen LogP contribution in [0.4, 0.5) is 0 Å². The number of halogens is 1. The molecule has 0 N–H and O–H groups in total. The van der Waals surface area contributed by atoms with Gasteiger partial charge in [0.15, 0.2) is 9.84 Å². The molecule has 0 radical (unpaired) electrons. The first-order chi connectivity index (χ1) is 3.60. The molecular formula is C3H6INO2S. The van der Waals surface area contributed by atoms with Crippen LogP contribution in [-0.2, 0) is 9.84 Å². The molecule has 0 amide bonds. The van der Waals surface area contributed by atoms with E-state index in [4.69, 9.17) is 0 Å². The zero-order valence-electron chi connectivity index (χ0n) is 4.17. The van der Waals surface area contributed by atoms with Gasteiger partial charge in [-0.05, 0) is 0 Å². The van der Waals surface area contributed by atoms with Gasteiger partial charge < -0.3 is 0 Å². The molecule has 0 saturated carbocycles. The molecule has 5 heteroatoms. The van der Waals surface area contributed by atoms with E-state index in [1.165, 1.54) is 0 Å². The van der Waals surface area contributed by atoms with Crippen molar-refractivity contribution in [2.24, 2.45) is 0 Å². The zero-order chi connectivity index (χ0) is 6.20. The topological polar surface area (TPSA) is 37.4 Å². The molecule has 0 spiro atoms. The Labute approximate surface area is 62.5 Å². The van der Waals surface area contributed by atoms with Crippen LogP contribution in [0.1, 0.15) is 0 Å². The lowest BCUT2D eigenvalue weighted by Crippen LogP contribution is -2.06. The second-order valence-electron chi connectivity index (χ2n) is 1.76. The van der Waals surface area contributed by atoms with Gasteiger partial charge in [0.2, 0.25) is 0 Å². The summed E-state index contributed by atoms with van der Waals surface area (Å²) < 4.78 is 23.0. The van der Waals surface area contributed by atoms with E-state index in [2.05, 4.69) is 0 Å². The van der Waals surface area contributed by atoms with E-state index in [-0.39, 0.29) is 5.88 Å². The highest BCUT2D eigenvalue weighted by Crippen LogP contribution is 2.10. The standard InChI is InChI=1S/C3H6INO2S/c4-5-1-2-8(6,7)3-5/h1-3H2. The predicted octanol–water partition coefficient (Wildman–Crippen LogP) is 0.0243. The van der Waals surface area contributed by atoms with Crippen molar-refractivity contribution in [1.29, 1.82) is 0 Å². The molecule has 0 aromatic rings. The summed E-state index contributed by atoms with van der Waals surface area (Å²) in [5, 5.41) is 0. The maximum absolute atomic E-state index is 10.6. The van der Waals surface area contributed by atoms with E-state index in [1.54, 1.807) is 3.11 Å². The first-order valence-electron chi connectivity index (χ1n) is 2.21. The van der Waals surface area contributed by atoms with Crippen LogP contribution in [0.15, 0.2) is 0 Å². The third-order valence-corrected chi connectivity index (χ3v) is 3.78. The summed E-state index contributed by atoms with van der Waals surface area (Å²) in [5.74, 6) is 0.559. The van der Waals surface area contributed by atoms with Crippen molar-refractivity contribution < 1.29 is 8.42 Å². The van der Waals surface area contributed by atoms with E-state index in [0.29, 0.717) is 12.3 Å². The van der Waals surface area contributed by atoms with E-state index < -0.39 is 9.84 Å². The Hall–Kier alpha value is 0.640. The smallest absolute Gasteiger partial charge is 0.165 e. The van der Waals surface area contributed by atoms with Gasteiger partial charge in [0.1, 0.15) is 5.88 Å². The molecule has 0 unspecified atom stereocenters. The normalized spacial score (nSPS) is 28.6. The summed E-state index contributed by atoms with van der Waals surface area (Å²) in [6, 6.07) is 0. The summed E-state index contributed by atoms with van der Waals surface area (Å²) in [4.78, 5) is 0. The molecule has 1 fully saturated rings. The number of nitrogens with zero attached hydrogens (tertiary/aromatic N) is 1. The summed E-state index contributed by atoms with van der Waals surface area (Å²) >= 11 is 2.01.